The van der Waals surface area contributed by atoms with Crippen molar-refractivity contribution in [2.45, 2.75) is 25.4 Å². The molecule has 1 aromatic carbocycles. The number of nitro groups is 1. The second-order valence-corrected chi connectivity index (χ2v) is 6.64. The molecule has 0 radical (unpaired) electrons. The first-order chi connectivity index (χ1) is 12.9. The van der Waals surface area contributed by atoms with Gasteiger partial charge in [0.1, 0.15) is 10.4 Å². The minimum Gasteiger partial charge on any atom is -0.465 e. The lowest BCUT2D eigenvalue weighted by atomic mass is 9.78. The maximum atomic E-state index is 12.9. The third-order valence-corrected chi connectivity index (χ3v) is 4.64. The van der Waals surface area contributed by atoms with Crippen molar-refractivity contribution in [3.05, 3.63) is 67.4 Å². The number of alkyl halides is 3. The number of esters is 1. The smallest absolute Gasteiger partial charge is 0.417 e. The van der Waals surface area contributed by atoms with E-state index in [2.05, 4.69) is 4.98 Å². The number of rotatable bonds is 5. The Balaban J connectivity index is 2.71. The number of nitrogens with zero attached hydrogens (tertiary/aromatic N) is 2. The van der Waals surface area contributed by atoms with Crippen LogP contribution in [0.25, 0.3) is 0 Å². The third kappa shape index (κ3) is 4.05. The molecule has 2 aromatic rings. The molecule has 0 spiro atoms. The van der Waals surface area contributed by atoms with E-state index in [0.717, 1.165) is 12.1 Å². The number of pyridine rings is 1. The summed E-state index contributed by atoms with van der Waals surface area (Å²) in [7, 11) is 0. The molecule has 0 saturated heterocycles. The molecular weight excluding hydrogens is 424 g/mol. The van der Waals surface area contributed by atoms with E-state index in [1.54, 1.807) is 6.92 Å². The van der Waals surface area contributed by atoms with Gasteiger partial charge in [-0.1, -0.05) is 29.3 Å². The van der Waals surface area contributed by atoms with Gasteiger partial charge in [0, 0.05) is 12.3 Å². The Hall–Kier alpha value is -2.39. The van der Waals surface area contributed by atoms with Crippen molar-refractivity contribution >= 4 is 34.9 Å². The number of aromatic nitrogens is 1. The highest BCUT2D eigenvalue weighted by molar-refractivity contribution is 6.33. The summed E-state index contributed by atoms with van der Waals surface area (Å²) in [6, 6.07) is 4.13. The van der Waals surface area contributed by atoms with Crippen LogP contribution >= 0.6 is 23.2 Å². The zero-order chi connectivity index (χ0) is 21.3. The Morgan fingerprint density at radius 3 is 2.29 bits per heavy atom. The van der Waals surface area contributed by atoms with E-state index in [1.165, 1.54) is 13.0 Å². The average Bonchev–Trinajstić information content (AvgIpc) is 2.59. The zero-order valence-electron chi connectivity index (χ0n) is 14.5. The van der Waals surface area contributed by atoms with Crippen LogP contribution in [0.1, 0.15) is 30.7 Å². The average molecular weight is 437 g/mol. The summed E-state index contributed by atoms with van der Waals surface area (Å²) in [4.78, 5) is 26.7. The topological polar surface area (TPSA) is 82.3 Å². The van der Waals surface area contributed by atoms with E-state index < -0.39 is 38.8 Å². The summed E-state index contributed by atoms with van der Waals surface area (Å²) in [6.45, 7) is 2.86. The van der Waals surface area contributed by atoms with Crippen LogP contribution < -0.4 is 0 Å². The Labute approximate surface area is 167 Å². The predicted molar refractivity (Wildman–Crippen MR) is 95.4 cm³/mol. The number of halogens is 5. The second kappa shape index (κ2) is 7.92. The number of carbonyl (C=O) groups is 1. The van der Waals surface area contributed by atoms with Gasteiger partial charge in [-0.2, -0.15) is 13.2 Å². The number of carbonyl (C=O) groups excluding carboxylic acids is 1. The van der Waals surface area contributed by atoms with Crippen LogP contribution in [-0.4, -0.2) is 22.5 Å². The summed E-state index contributed by atoms with van der Waals surface area (Å²) in [5.41, 5.74) is -3.32. The molecule has 1 aromatic heterocycles. The largest absolute Gasteiger partial charge is 0.465 e. The van der Waals surface area contributed by atoms with E-state index in [-0.39, 0.29) is 22.9 Å². The molecular formula is C17H13Cl2F3N2O4. The zero-order valence-corrected chi connectivity index (χ0v) is 16.0. The SMILES string of the molecule is CCOC(=O)C(C)(c1ccc([N+](=O)[O-])c(Cl)c1)c1ncc(C(F)(F)F)cc1Cl. The molecule has 0 saturated carbocycles. The van der Waals surface area contributed by atoms with Crippen molar-refractivity contribution in [1.29, 1.82) is 0 Å². The summed E-state index contributed by atoms with van der Waals surface area (Å²) < 4.78 is 43.7. The lowest BCUT2D eigenvalue weighted by Crippen LogP contribution is -2.37. The lowest BCUT2D eigenvalue weighted by Gasteiger charge is -2.28. The van der Waals surface area contributed by atoms with E-state index in [4.69, 9.17) is 27.9 Å². The minimum atomic E-state index is -4.67. The summed E-state index contributed by atoms with van der Waals surface area (Å²) in [5.74, 6) is -0.853. The first-order valence-corrected chi connectivity index (χ1v) is 8.53. The van der Waals surface area contributed by atoms with E-state index in [1.807, 2.05) is 0 Å². The minimum absolute atomic E-state index is 0.0204. The standard InChI is InChI=1S/C17H13Cl2F3N2O4/c1-3-28-15(25)16(2,9-4-5-13(24(26)27)11(18)6-9)14-12(19)7-10(8-23-14)17(20,21)22/h4-8H,3H2,1-2H3. The van der Waals surface area contributed by atoms with Crippen molar-refractivity contribution < 1.29 is 27.6 Å². The van der Waals surface area contributed by atoms with Crippen LogP contribution in [0.2, 0.25) is 10.0 Å². The predicted octanol–water partition coefficient (Wildman–Crippen LogP) is 5.18. The van der Waals surface area contributed by atoms with Gasteiger partial charge in [-0.3, -0.25) is 19.9 Å². The number of benzene rings is 1. The van der Waals surface area contributed by atoms with Crippen LogP contribution in [-0.2, 0) is 21.1 Å². The van der Waals surface area contributed by atoms with Gasteiger partial charge >= 0.3 is 12.1 Å². The summed E-state index contributed by atoms with van der Waals surface area (Å²) in [5, 5.41) is 10.3. The molecule has 0 N–H and O–H groups in total. The van der Waals surface area contributed by atoms with Crippen LogP contribution in [0, 0.1) is 10.1 Å². The Morgan fingerprint density at radius 1 is 1.21 bits per heavy atom. The Kier molecular flexibility index (Phi) is 6.20. The lowest BCUT2D eigenvalue weighted by molar-refractivity contribution is -0.384. The highest BCUT2D eigenvalue weighted by atomic mass is 35.5. The Bertz CT molecular complexity index is 937. The molecule has 0 bridgehead atoms. The van der Waals surface area contributed by atoms with Crippen LogP contribution in [0.15, 0.2) is 30.5 Å². The van der Waals surface area contributed by atoms with E-state index in [0.29, 0.717) is 12.3 Å². The maximum Gasteiger partial charge on any atom is 0.417 e. The van der Waals surface area contributed by atoms with Gasteiger partial charge in [-0.25, -0.2) is 0 Å². The molecule has 0 aliphatic heterocycles. The van der Waals surface area contributed by atoms with Gasteiger partial charge in [0.2, 0.25) is 0 Å². The molecule has 1 unspecified atom stereocenters. The maximum absolute atomic E-state index is 12.9. The highest BCUT2D eigenvalue weighted by Gasteiger charge is 2.43. The molecule has 2 rings (SSSR count). The van der Waals surface area contributed by atoms with Crippen LogP contribution in [0.3, 0.4) is 0 Å². The molecule has 0 aliphatic carbocycles. The van der Waals surface area contributed by atoms with Crippen molar-refractivity contribution in [3.63, 3.8) is 0 Å². The molecule has 6 nitrogen and oxygen atoms in total. The molecule has 28 heavy (non-hydrogen) atoms. The third-order valence-electron chi connectivity index (χ3n) is 4.05. The van der Waals surface area contributed by atoms with E-state index in [9.17, 15) is 28.1 Å². The van der Waals surface area contributed by atoms with Crippen molar-refractivity contribution in [3.8, 4) is 0 Å². The molecule has 11 heteroatoms. The van der Waals surface area contributed by atoms with Crippen LogP contribution in [0.5, 0.6) is 0 Å². The van der Waals surface area contributed by atoms with Gasteiger partial charge in [-0.05, 0) is 31.5 Å². The second-order valence-electron chi connectivity index (χ2n) is 5.82. The number of ether oxygens (including phenoxy) is 1. The number of nitro benzene ring substituents is 1. The van der Waals surface area contributed by atoms with Crippen LogP contribution in [0.4, 0.5) is 18.9 Å². The van der Waals surface area contributed by atoms with Gasteiger partial charge in [0.25, 0.3) is 5.69 Å². The molecule has 0 fully saturated rings. The fraction of sp³-hybridized carbons (Fsp3) is 0.294. The van der Waals surface area contributed by atoms with Gasteiger partial charge in [0.15, 0.2) is 0 Å². The fourth-order valence-electron chi connectivity index (χ4n) is 2.55. The quantitative estimate of drug-likeness (QED) is 0.366. The Morgan fingerprint density at radius 2 is 1.82 bits per heavy atom. The molecule has 0 amide bonds. The fourth-order valence-corrected chi connectivity index (χ4v) is 3.16. The van der Waals surface area contributed by atoms with Crippen molar-refractivity contribution in [1.82, 2.24) is 4.98 Å². The van der Waals surface area contributed by atoms with Gasteiger partial charge in [0.05, 0.1) is 27.8 Å². The molecule has 0 aliphatic rings. The number of hydrogen-bond donors (Lipinski definition) is 0. The van der Waals surface area contributed by atoms with Gasteiger partial charge < -0.3 is 4.74 Å². The molecule has 1 atom stereocenters. The normalized spacial score (nSPS) is 13.7. The summed E-state index contributed by atoms with van der Waals surface area (Å²) >= 11 is 12.0. The van der Waals surface area contributed by atoms with Crippen molar-refractivity contribution in [2.75, 3.05) is 6.61 Å². The van der Waals surface area contributed by atoms with Crippen molar-refractivity contribution in [2.24, 2.45) is 0 Å². The molecule has 150 valence electrons. The number of hydrogen-bond acceptors (Lipinski definition) is 5. The first-order valence-electron chi connectivity index (χ1n) is 7.77. The summed E-state index contributed by atoms with van der Waals surface area (Å²) in [6.07, 6.45) is -4.13. The monoisotopic (exact) mass is 436 g/mol. The van der Waals surface area contributed by atoms with E-state index >= 15 is 0 Å². The molecule has 1 heterocycles. The first kappa shape index (κ1) is 21.9. The highest BCUT2D eigenvalue weighted by Crippen LogP contribution is 2.40. The van der Waals surface area contributed by atoms with Gasteiger partial charge in [-0.15, -0.1) is 0 Å².